The van der Waals surface area contributed by atoms with E-state index in [-0.39, 0.29) is 5.56 Å². The van der Waals surface area contributed by atoms with Crippen LogP contribution in [-0.4, -0.2) is 16.6 Å². The van der Waals surface area contributed by atoms with E-state index in [0.717, 1.165) is 43.6 Å². The van der Waals surface area contributed by atoms with Crippen LogP contribution in [-0.2, 0) is 16.8 Å². The van der Waals surface area contributed by atoms with Crippen molar-refractivity contribution < 1.29 is 4.74 Å². The summed E-state index contributed by atoms with van der Waals surface area (Å²) < 4.78 is 6.08. The van der Waals surface area contributed by atoms with Crippen LogP contribution in [0.25, 0.3) is 0 Å². The van der Waals surface area contributed by atoms with Crippen molar-refractivity contribution in [2.24, 2.45) is 5.92 Å². The van der Waals surface area contributed by atoms with Crippen LogP contribution in [0.15, 0.2) is 10.9 Å². The minimum atomic E-state index is -0.394. The van der Waals surface area contributed by atoms with Crippen LogP contribution in [0.4, 0.5) is 0 Å². The van der Waals surface area contributed by atoms with Gasteiger partial charge in [-0.1, -0.05) is 26.7 Å². The zero-order valence-corrected chi connectivity index (χ0v) is 12.9. The first kappa shape index (κ1) is 15.2. The molecule has 1 fully saturated rings. The Morgan fingerprint density at radius 1 is 1.50 bits per heavy atom. The van der Waals surface area contributed by atoms with E-state index in [2.05, 4.69) is 18.8 Å². The Morgan fingerprint density at radius 3 is 2.95 bits per heavy atom. The maximum Gasteiger partial charge on any atom is 0.251 e. The van der Waals surface area contributed by atoms with Crippen LogP contribution in [0.2, 0.25) is 0 Å². The standard InChI is InChI=1S/C16H26N2O2/c1-4-7-13-10-14(19)18-15(17-13)16(20-5-2)9-6-8-12(3)11-16/h10,12H,4-9,11H2,1-3H3,(H,17,18,19). The van der Waals surface area contributed by atoms with Gasteiger partial charge in [-0.25, -0.2) is 4.98 Å². The van der Waals surface area contributed by atoms with E-state index in [4.69, 9.17) is 9.72 Å². The van der Waals surface area contributed by atoms with Crippen molar-refractivity contribution in [2.75, 3.05) is 6.61 Å². The Hall–Kier alpha value is -1.16. The van der Waals surface area contributed by atoms with E-state index in [1.165, 1.54) is 6.42 Å². The number of nitrogens with one attached hydrogen (secondary N) is 1. The second kappa shape index (κ2) is 6.53. The highest BCUT2D eigenvalue weighted by Crippen LogP contribution is 2.41. The van der Waals surface area contributed by atoms with Gasteiger partial charge < -0.3 is 9.72 Å². The molecule has 0 radical (unpaired) electrons. The molecule has 1 aliphatic rings. The van der Waals surface area contributed by atoms with Crippen LogP contribution in [0.5, 0.6) is 0 Å². The second-order valence-electron chi connectivity index (χ2n) is 5.96. The number of hydrogen-bond donors (Lipinski definition) is 1. The third-order valence-electron chi connectivity index (χ3n) is 4.11. The molecule has 1 saturated carbocycles. The van der Waals surface area contributed by atoms with E-state index in [9.17, 15) is 4.79 Å². The van der Waals surface area contributed by atoms with E-state index in [0.29, 0.717) is 12.5 Å². The lowest BCUT2D eigenvalue weighted by Crippen LogP contribution is -2.38. The molecule has 0 spiro atoms. The second-order valence-corrected chi connectivity index (χ2v) is 5.96. The number of H-pyrrole nitrogens is 1. The topological polar surface area (TPSA) is 55.0 Å². The van der Waals surface area contributed by atoms with Crippen molar-refractivity contribution in [3.05, 3.63) is 27.9 Å². The Balaban J connectivity index is 2.40. The van der Waals surface area contributed by atoms with Crippen molar-refractivity contribution in [3.63, 3.8) is 0 Å². The molecule has 1 aromatic heterocycles. The monoisotopic (exact) mass is 278 g/mol. The molecule has 4 nitrogen and oxygen atoms in total. The minimum absolute atomic E-state index is 0.0595. The van der Waals surface area contributed by atoms with Gasteiger partial charge in [-0.3, -0.25) is 4.79 Å². The third kappa shape index (κ3) is 3.29. The van der Waals surface area contributed by atoms with Crippen LogP contribution in [0, 0.1) is 5.92 Å². The van der Waals surface area contributed by atoms with Gasteiger partial charge in [0.25, 0.3) is 5.56 Å². The molecule has 112 valence electrons. The van der Waals surface area contributed by atoms with Gasteiger partial charge in [-0.05, 0) is 38.5 Å². The van der Waals surface area contributed by atoms with Crippen molar-refractivity contribution in [2.45, 2.75) is 64.9 Å². The Morgan fingerprint density at radius 2 is 2.30 bits per heavy atom. The van der Waals surface area contributed by atoms with Crippen molar-refractivity contribution >= 4 is 0 Å². The average Bonchev–Trinajstić information content (AvgIpc) is 2.39. The highest BCUT2D eigenvalue weighted by Gasteiger charge is 2.39. The van der Waals surface area contributed by atoms with Crippen LogP contribution in [0.3, 0.4) is 0 Å². The number of ether oxygens (including phenoxy) is 1. The maximum absolute atomic E-state index is 11.9. The summed E-state index contributed by atoms with van der Waals surface area (Å²) in [5.41, 5.74) is 0.425. The molecule has 0 bridgehead atoms. The van der Waals surface area contributed by atoms with Crippen LogP contribution in [0.1, 0.15) is 64.4 Å². The Bertz CT molecular complexity index is 493. The minimum Gasteiger partial charge on any atom is -0.367 e. The van der Waals surface area contributed by atoms with E-state index in [1.54, 1.807) is 6.07 Å². The van der Waals surface area contributed by atoms with Crippen molar-refractivity contribution in [1.29, 1.82) is 0 Å². The van der Waals surface area contributed by atoms with Gasteiger partial charge in [-0.2, -0.15) is 0 Å². The average molecular weight is 278 g/mol. The van der Waals surface area contributed by atoms with E-state index >= 15 is 0 Å². The third-order valence-corrected chi connectivity index (χ3v) is 4.11. The lowest BCUT2D eigenvalue weighted by molar-refractivity contribution is -0.0883. The molecule has 0 amide bonds. The first-order chi connectivity index (χ1) is 9.59. The number of nitrogens with zero attached hydrogens (tertiary/aromatic N) is 1. The molecule has 2 atom stereocenters. The molecule has 1 N–H and O–H groups in total. The number of aromatic amines is 1. The molecule has 4 heteroatoms. The SMILES string of the molecule is CCCc1cc(=O)[nH]c(C2(OCC)CCCC(C)C2)n1. The number of aromatic nitrogens is 2. The van der Waals surface area contributed by atoms with Crippen molar-refractivity contribution in [1.82, 2.24) is 9.97 Å². The van der Waals surface area contributed by atoms with Gasteiger partial charge in [0.15, 0.2) is 0 Å². The van der Waals surface area contributed by atoms with Crippen molar-refractivity contribution in [3.8, 4) is 0 Å². The Kier molecular flexibility index (Phi) is 4.97. The molecule has 1 heterocycles. The quantitative estimate of drug-likeness (QED) is 0.900. The maximum atomic E-state index is 11.9. The molecule has 0 aliphatic heterocycles. The summed E-state index contributed by atoms with van der Waals surface area (Å²) in [5, 5.41) is 0. The molecule has 2 rings (SSSR count). The molecular weight excluding hydrogens is 252 g/mol. The van der Waals surface area contributed by atoms with Gasteiger partial charge in [0.1, 0.15) is 11.4 Å². The predicted octanol–water partition coefficient (Wildman–Crippen LogP) is 3.16. The smallest absolute Gasteiger partial charge is 0.251 e. The van der Waals surface area contributed by atoms with Gasteiger partial charge in [0, 0.05) is 18.4 Å². The lowest BCUT2D eigenvalue weighted by Gasteiger charge is -2.38. The molecule has 1 aliphatic carbocycles. The number of rotatable bonds is 5. The normalized spacial score (nSPS) is 26.6. The molecule has 1 aromatic rings. The first-order valence-electron chi connectivity index (χ1n) is 7.84. The summed E-state index contributed by atoms with van der Waals surface area (Å²) in [6.07, 6.45) is 6.09. The summed E-state index contributed by atoms with van der Waals surface area (Å²) in [5.74, 6) is 1.34. The summed E-state index contributed by atoms with van der Waals surface area (Å²) in [4.78, 5) is 19.5. The zero-order valence-electron chi connectivity index (χ0n) is 12.9. The fourth-order valence-electron chi connectivity index (χ4n) is 3.30. The van der Waals surface area contributed by atoms with Gasteiger partial charge in [0.05, 0.1) is 0 Å². The zero-order chi connectivity index (χ0) is 14.6. The molecule has 0 saturated heterocycles. The summed E-state index contributed by atoms with van der Waals surface area (Å²) in [6, 6.07) is 1.61. The predicted molar refractivity (Wildman–Crippen MR) is 79.8 cm³/mol. The van der Waals surface area contributed by atoms with Gasteiger partial charge >= 0.3 is 0 Å². The molecule has 0 aromatic carbocycles. The summed E-state index contributed by atoms with van der Waals surface area (Å²) >= 11 is 0. The highest BCUT2D eigenvalue weighted by atomic mass is 16.5. The largest absolute Gasteiger partial charge is 0.367 e. The summed E-state index contributed by atoms with van der Waals surface area (Å²) in [7, 11) is 0. The lowest BCUT2D eigenvalue weighted by atomic mass is 9.78. The molecule has 2 unspecified atom stereocenters. The van der Waals surface area contributed by atoms with E-state index in [1.807, 2.05) is 6.92 Å². The number of aryl methyl sites for hydroxylation is 1. The van der Waals surface area contributed by atoms with E-state index < -0.39 is 5.60 Å². The fourth-order valence-corrected chi connectivity index (χ4v) is 3.30. The molecule has 20 heavy (non-hydrogen) atoms. The van der Waals surface area contributed by atoms with Crippen LogP contribution >= 0.6 is 0 Å². The van der Waals surface area contributed by atoms with Crippen LogP contribution < -0.4 is 5.56 Å². The Labute approximate surface area is 121 Å². The number of hydrogen-bond acceptors (Lipinski definition) is 3. The highest BCUT2D eigenvalue weighted by molar-refractivity contribution is 5.10. The first-order valence-corrected chi connectivity index (χ1v) is 7.84. The summed E-state index contributed by atoms with van der Waals surface area (Å²) in [6.45, 7) is 7.01. The van der Waals surface area contributed by atoms with Gasteiger partial charge in [0.2, 0.25) is 0 Å². The molecular formula is C16H26N2O2. The van der Waals surface area contributed by atoms with Gasteiger partial charge in [-0.15, -0.1) is 0 Å². The fraction of sp³-hybridized carbons (Fsp3) is 0.750.